The quantitative estimate of drug-likeness (QED) is 0.0145. The van der Waals surface area contributed by atoms with E-state index >= 15 is 0 Å². The molecule has 0 aromatic rings. The summed E-state index contributed by atoms with van der Waals surface area (Å²) in [5.41, 5.74) is 0. The molecule has 0 amide bonds. The van der Waals surface area contributed by atoms with Crippen LogP contribution in [-0.2, 0) is 88.6 Å². The molecule has 0 aliphatic carbocycles. The molecule has 0 unspecified atom stereocenters. The van der Waals surface area contributed by atoms with Gasteiger partial charge in [-0.05, 0) is 105 Å². The number of unbranched alkanes of at least 4 members (excludes halogenated alkanes) is 32. The number of esters is 4. The zero-order valence-electron chi connectivity index (χ0n) is 51.0. The van der Waals surface area contributed by atoms with Gasteiger partial charge < -0.3 is 69.5 Å². The molecule has 81 heavy (non-hydrogen) atoms. The van der Waals surface area contributed by atoms with E-state index in [-0.39, 0.29) is 100 Å². The molecular formula is C66H126O8S5Sn2. The Morgan fingerprint density at radius 2 is 0.407 bits per heavy atom. The number of hydrogen-bond acceptors (Lipinski definition) is 12. The molecule has 0 fully saturated rings. The van der Waals surface area contributed by atoms with Crippen molar-refractivity contribution in [3.8, 4) is 0 Å². The summed E-state index contributed by atoms with van der Waals surface area (Å²) in [4.78, 5) is 44.8. The first kappa shape index (κ1) is 100. The number of carbonyl (C=O) groups excluding carboxylic acids is 4. The van der Waals surface area contributed by atoms with E-state index in [0.29, 0.717) is 75.1 Å². The minimum Gasteiger partial charge on any atom is -0.789 e. The maximum absolute atomic E-state index is 11.2. The Kier molecular flexibility index (Phi) is 119. The van der Waals surface area contributed by atoms with Gasteiger partial charge in [0.1, 0.15) is 0 Å². The molecule has 0 aliphatic heterocycles. The molecule has 476 valence electrons. The summed E-state index contributed by atoms with van der Waals surface area (Å²) in [7, 11) is 0. The Balaban J connectivity index is -0.000000119. The van der Waals surface area contributed by atoms with Crippen LogP contribution in [0.3, 0.4) is 0 Å². The Morgan fingerprint density at radius 1 is 0.272 bits per heavy atom. The molecule has 0 spiro atoms. The second kappa shape index (κ2) is 96.5. The van der Waals surface area contributed by atoms with Crippen LogP contribution in [0.25, 0.3) is 0 Å². The second-order valence-electron chi connectivity index (χ2n) is 19.4. The fourth-order valence-electron chi connectivity index (χ4n) is 7.95. The number of allylic oxidation sites excluding steroid dienone is 8. The van der Waals surface area contributed by atoms with Gasteiger partial charge in [0, 0.05) is 25.7 Å². The Bertz CT molecular complexity index is 1120. The van der Waals surface area contributed by atoms with Crippen molar-refractivity contribution in [3.05, 3.63) is 48.6 Å². The van der Waals surface area contributed by atoms with Crippen LogP contribution in [0, 0.1) is 0 Å². The summed E-state index contributed by atoms with van der Waals surface area (Å²) >= 11 is 18.9. The van der Waals surface area contributed by atoms with Gasteiger partial charge in [-0.3, -0.25) is 19.2 Å². The topological polar surface area (TPSA) is 105 Å². The van der Waals surface area contributed by atoms with Crippen LogP contribution in [0.15, 0.2) is 48.6 Å². The van der Waals surface area contributed by atoms with E-state index in [9.17, 15) is 19.2 Å². The predicted octanol–water partition coefficient (Wildman–Crippen LogP) is 18.8. The smallest absolute Gasteiger partial charge is 0.789 e. The molecule has 8 nitrogen and oxygen atoms in total. The molecule has 0 saturated carbocycles. The van der Waals surface area contributed by atoms with E-state index in [0.717, 1.165) is 51.4 Å². The first-order chi connectivity index (χ1) is 37.2. The van der Waals surface area contributed by atoms with Crippen LogP contribution in [-0.4, -0.2) is 121 Å². The molecule has 0 atom stereocenters. The second-order valence-corrected chi connectivity index (χ2v) is 21.1. The molecule has 0 bridgehead atoms. The Hall–Kier alpha value is 0.187. The van der Waals surface area contributed by atoms with Gasteiger partial charge in [-0.15, -0.1) is 23.0 Å². The van der Waals surface area contributed by atoms with Gasteiger partial charge in [0.25, 0.3) is 0 Å². The van der Waals surface area contributed by atoms with Gasteiger partial charge in [-0.1, -0.05) is 218 Å². The minimum atomic E-state index is -0.0890. The largest absolute Gasteiger partial charge is 2.00 e. The summed E-state index contributed by atoms with van der Waals surface area (Å²) in [6.07, 6.45) is 64.5. The summed E-state index contributed by atoms with van der Waals surface area (Å²) in [6.45, 7) is 9.87. The number of hydrogen-bond donors (Lipinski definition) is 0. The van der Waals surface area contributed by atoms with Crippen LogP contribution in [0.5, 0.6) is 0 Å². The van der Waals surface area contributed by atoms with E-state index in [2.05, 4.69) is 76.3 Å². The molecule has 4 radical (unpaired) electrons. The standard InChI is InChI=1S/4C16H30O2S.2CH4.H2S.2Sn/c4*1-2-3-4-5-6-7-8-9-10-11-12-13-16(17)18-14-15-19;;;;;/h4*2-3,19H,4-15H2,1H3;2*1H4;1H2;;/q;;;;;;;2*+2/p-4/b4*3-2+;;;;;. The van der Waals surface area contributed by atoms with Crippen molar-refractivity contribution in [2.45, 2.75) is 299 Å². The van der Waals surface area contributed by atoms with Crippen molar-refractivity contribution < 1.29 is 38.1 Å². The van der Waals surface area contributed by atoms with Gasteiger partial charge in [0.15, 0.2) is 0 Å². The van der Waals surface area contributed by atoms with Gasteiger partial charge in [-0.25, -0.2) is 0 Å². The maximum atomic E-state index is 11.2. The van der Waals surface area contributed by atoms with Crippen LogP contribution in [0.2, 0.25) is 0 Å². The van der Waals surface area contributed by atoms with Crippen molar-refractivity contribution in [2.75, 3.05) is 49.4 Å². The van der Waals surface area contributed by atoms with Crippen molar-refractivity contribution in [1.29, 1.82) is 0 Å². The van der Waals surface area contributed by atoms with Crippen LogP contribution < -0.4 is 0 Å². The molecule has 0 N–H and O–H groups in total. The van der Waals surface area contributed by atoms with Crippen molar-refractivity contribution in [2.24, 2.45) is 0 Å². The molecule has 0 aliphatic rings. The van der Waals surface area contributed by atoms with Gasteiger partial charge in [-0.2, -0.15) is 13.5 Å². The first-order valence-corrected chi connectivity index (χ1v) is 32.9. The normalized spacial score (nSPS) is 10.4. The number of rotatable bonds is 52. The van der Waals surface area contributed by atoms with Gasteiger partial charge >= 0.3 is 71.7 Å². The van der Waals surface area contributed by atoms with E-state index in [1.54, 1.807) is 0 Å². The van der Waals surface area contributed by atoms with Gasteiger partial charge in [0.05, 0.1) is 26.4 Å². The van der Waals surface area contributed by atoms with Crippen LogP contribution in [0.4, 0.5) is 0 Å². The van der Waals surface area contributed by atoms with Crippen molar-refractivity contribution >= 4 is 136 Å². The molecule has 0 saturated heterocycles. The third-order valence-electron chi connectivity index (χ3n) is 12.3. The fraction of sp³-hybridized carbons (Fsp3) is 0.818. The SMILES string of the molecule is C.C.C/C=C/CCCCCCCCCCC(=O)OCC[S-].C/C=C/CCCCCCCCCCC(=O)OCC[S-].C/C=C/CCCCCCCCCCC(=O)OCC[S-].C/C=C/CCCCCCCCCCC(=O)OCC[S-].S.[Sn+2].[Sn+2]. The zero-order chi connectivity index (χ0) is 56.7. The summed E-state index contributed by atoms with van der Waals surface area (Å²) in [5, 5.41) is 0. The summed E-state index contributed by atoms with van der Waals surface area (Å²) in [5.74, 6) is 1.64. The molecule has 15 heteroatoms. The number of carbonyl (C=O) groups is 4. The summed E-state index contributed by atoms with van der Waals surface area (Å²) < 4.78 is 19.7. The monoisotopic (exact) mass is 1450 g/mol. The third-order valence-corrected chi connectivity index (χ3v) is 13.0. The minimum absolute atomic E-state index is 0. The molecule has 0 heterocycles. The van der Waals surface area contributed by atoms with E-state index in [1.165, 1.54) is 180 Å². The van der Waals surface area contributed by atoms with Gasteiger partial charge in [0.2, 0.25) is 0 Å². The molecular weight excluding hydrogens is 1320 g/mol. The molecule has 0 rings (SSSR count). The first-order valence-electron chi connectivity index (χ1n) is 30.6. The average Bonchev–Trinajstić information content (AvgIpc) is 3.42. The molecule has 0 aromatic carbocycles. The Labute approximate surface area is 566 Å². The Morgan fingerprint density at radius 3 is 0.543 bits per heavy atom. The predicted molar refractivity (Wildman–Crippen MR) is 372 cm³/mol. The van der Waals surface area contributed by atoms with Crippen molar-refractivity contribution in [3.63, 3.8) is 0 Å². The fourth-order valence-corrected chi connectivity index (χ4v) is 8.28. The third kappa shape index (κ3) is 105. The summed E-state index contributed by atoms with van der Waals surface area (Å²) in [6, 6.07) is 0. The van der Waals surface area contributed by atoms with E-state index < -0.39 is 0 Å². The average molecular weight is 1450 g/mol. The van der Waals surface area contributed by atoms with Crippen LogP contribution in [0.1, 0.15) is 299 Å². The molecule has 0 aromatic heterocycles. The van der Waals surface area contributed by atoms with Crippen molar-refractivity contribution in [1.82, 2.24) is 0 Å². The van der Waals surface area contributed by atoms with E-state index in [4.69, 9.17) is 69.5 Å². The zero-order valence-corrected chi connectivity index (χ0v) is 60.9. The number of ether oxygens (including phenoxy) is 4. The maximum Gasteiger partial charge on any atom is 2.00 e. The van der Waals surface area contributed by atoms with E-state index in [1.807, 2.05) is 0 Å². The van der Waals surface area contributed by atoms with Crippen LogP contribution >= 0.6 is 13.5 Å².